The third kappa shape index (κ3) is 4.43. The van der Waals surface area contributed by atoms with Gasteiger partial charge in [-0.1, -0.05) is 0 Å². The Morgan fingerprint density at radius 2 is 1.50 bits per heavy atom. The molecule has 1 N–H and O–H groups in total. The quantitative estimate of drug-likeness (QED) is 0.660. The largest absolute Gasteiger partial charge is 0.378 e. The molecule has 2 saturated heterocycles. The van der Waals surface area contributed by atoms with Gasteiger partial charge in [0.15, 0.2) is 0 Å². The first kappa shape index (κ1) is 15.2. The summed E-state index contributed by atoms with van der Waals surface area (Å²) in [7, 11) is 1.82. The topological polar surface area (TPSA) is 65.1 Å². The van der Waals surface area contributed by atoms with Crippen molar-refractivity contribution in [1.29, 1.82) is 0 Å². The van der Waals surface area contributed by atoms with Gasteiger partial charge in [0.1, 0.15) is 0 Å². The number of nitrogens with one attached hydrogen (secondary N) is 1. The average Bonchev–Trinajstić information content (AvgIpc) is 2.49. The second-order valence-electron chi connectivity index (χ2n) is 5.30. The number of hydrogen-bond acceptors (Lipinski definition) is 5. The summed E-state index contributed by atoms with van der Waals surface area (Å²) in [6.45, 7) is 6.31. The van der Waals surface area contributed by atoms with Crippen LogP contribution in [0.2, 0.25) is 0 Å². The zero-order chi connectivity index (χ0) is 14.4. The summed E-state index contributed by atoms with van der Waals surface area (Å²) >= 11 is 0. The van der Waals surface area contributed by atoms with Gasteiger partial charge in [-0.15, -0.1) is 0 Å². The Balaban J connectivity index is 1.72. The molecule has 2 fully saturated rings. The lowest BCUT2D eigenvalue weighted by atomic mass is 10.3. The van der Waals surface area contributed by atoms with Gasteiger partial charge in [0.05, 0.1) is 26.3 Å². The molecule has 0 saturated carbocycles. The molecule has 0 aliphatic carbocycles. The first-order valence-electron chi connectivity index (χ1n) is 7.19. The van der Waals surface area contributed by atoms with Crippen LogP contribution in [0.3, 0.4) is 0 Å². The van der Waals surface area contributed by atoms with Crippen molar-refractivity contribution in [1.82, 2.24) is 20.0 Å². The summed E-state index contributed by atoms with van der Waals surface area (Å²) in [5.74, 6) is 0.174. The first-order chi connectivity index (χ1) is 9.66. The van der Waals surface area contributed by atoms with E-state index in [1.807, 2.05) is 11.9 Å². The van der Waals surface area contributed by atoms with E-state index in [4.69, 9.17) is 4.74 Å². The highest BCUT2D eigenvalue weighted by atomic mass is 16.5. The summed E-state index contributed by atoms with van der Waals surface area (Å²) < 4.78 is 5.22. The third-order valence-electron chi connectivity index (χ3n) is 3.64. The van der Waals surface area contributed by atoms with Gasteiger partial charge in [-0.2, -0.15) is 0 Å². The van der Waals surface area contributed by atoms with E-state index in [9.17, 15) is 9.59 Å². The Morgan fingerprint density at radius 3 is 2.05 bits per heavy atom. The maximum Gasteiger partial charge on any atom is 0.236 e. The second kappa shape index (κ2) is 7.56. The minimum Gasteiger partial charge on any atom is -0.378 e. The predicted molar refractivity (Wildman–Crippen MR) is 74.3 cm³/mol. The SMILES string of the molecule is CN(CC(=O)N1CCNCC1)CC(=O)N1CCOCC1. The van der Waals surface area contributed by atoms with Gasteiger partial charge >= 0.3 is 0 Å². The molecule has 0 aromatic rings. The summed E-state index contributed by atoms with van der Waals surface area (Å²) in [5.41, 5.74) is 0. The molecule has 2 heterocycles. The van der Waals surface area contributed by atoms with E-state index in [1.165, 1.54) is 0 Å². The molecular weight excluding hydrogens is 260 g/mol. The molecule has 2 aliphatic heterocycles. The zero-order valence-corrected chi connectivity index (χ0v) is 12.1. The molecule has 0 bridgehead atoms. The van der Waals surface area contributed by atoms with Crippen LogP contribution >= 0.6 is 0 Å². The number of amides is 2. The zero-order valence-electron chi connectivity index (χ0n) is 12.1. The van der Waals surface area contributed by atoms with Crippen LogP contribution in [0.4, 0.5) is 0 Å². The lowest BCUT2D eigenvalue weighted by molar-refractivity contribution is -0.138. The number of morpholine rings is 1. The summed E-state index contributed by atoms with van der Waals surface area (Å²) in [4.78, 5) is 29.6. The Morgan fingerprint density at radius 1 is 1.00 bits per heavy atom. The molecule has 20 heavy (non-hydrogen) atoms. The number of carbonyl (C=O) groups excluding carboxylic acids is 2. The van der Waals surface area contributed by atoms with Crippen LogP contribution in [0.5, 0.6) is 0 Å². The molecule has 7 heteroatoms. The molecule has 0 radical (unpaired) electrons. The first-order valence-corrected chi connectivity index (χ1v) is 7.19. The van der Waals surface area contributed by atoms with Crippen molar-refractivity contribution in [2.75, 3.05) is 72.6 Å². The minimum atomic E-state index is 0.0731. The summed E-state index contributed by atoms with van der Waals surface area (Å²) in [6.07, 6.45) is 0. The highest BCUT2D eigenvalue weighted by Gasteiger charge is 2.21. The molecule has 2 amide bonds. The number of piperazine rings is 1. The van der Waals surface area contributed by atoms with E-state index in [-0.39, 0.29) is 18.4 Å². The molecule has 0 aromatic heterocycles. The van der Waals surface area contributed by atoms with Crippen LogP contribution in [-0.4, -0.2) is 99.1 Å². The van der Waals surface area contributed by atoms with Gasteiger partial charge < -0.3 is 19.9 Å². The summed E-state index contributed by atoms with van der Waals surface area (Å²) in [6, 6.07) is 0. The highest BCUT2D eigenvalue weighted by Crippen LogP contribution is 2.00. The molecule has 0 atom stereocenters. The van der Waals surface area contributed by atoms with Gasteiger partial charge in [0, 0.05) is 39.3 Å². The van der Waals surface area contributed by atoms with Gasteiger partial charge in [0.2, 0.25) is 11.8 Å². The van der Waals surface area contributed by atoms with Crippen LogP contribution in [0.25, 0.3) is 0 Å². The van der Waals surface area contributed by atoms with Gasteiger partial charge in [0.25, 0.3) is 0 Å². The highest BCUT2D eigenvalue weighted by molar-refractivity contribution is 5.81. The van der Waals surface area contributed by atoms with E-state index >= 15 is 0 Å². The molecule has 2 aliphatic rings. The Bertz CT molecular complexity index is 307. The lowest BCUT2D eigenvalue weighted by Gasteiger charge is -2.31. The van der Waals surface area contributed by atoms with Crippen molar-refractivity contribution in [3.63, 3.8) is 0 Å². The molecule has 0 aromatic carbocycles. The van der Waals surface area contributed by atoms with Crippen molar-refractivity contribution in [3.8, 4) is 0 Å². The van der Waals surface area contributed by atoms with Gasteiger partial charge in [-0.05, 0) is 7.05 Å². The fourth-order valence-corrected chi connectivity index (χ4v) is 2.44. The monoisotopic (exact) mass is 284 g/mol. The van der Waals surface area contributed by atoms with E-state index in [2.05, 4.69) is 5.32 Å². The fourth-order valence-electron chi connectivity index (χ4n) is 2.44. The van der Waals surface area contributed by atoms with Crippen molar-refractivity contribution >= 4 is 11.8 Å². The molecular formula is C13H24N4O3. The Labute approximate surface area is 119 Å². The Hall–Kier alpha value is -1.18. The molecule has 0 spiro atoms. The number of carbonyl (C=O) groups is 2. The smallest absolute Gasteiger partial charge is 0.236 e. The van der Waals surface area contributed by atoms with Crippen LogP contribution in [0.1, 0.15) is 0 Å². The van der Waals surface area contributed by atoms with E-state index in [0.717, 1.165) is 26.2 Å². The van der Waals surface area contributed by atoms with Crippen molar-refractivity contribution in [3.05, 3.63) is 0 Å². The Kier molecular flexibility index (Phi) is 5.75. The van der Waals surface area contributed by atoms with E-state index in [1.54, 1.807) is 9.80 Å². The predicted octanol–water partition coefficient (Wildman–Crippen LogP) is -1.79. The minimum absolute atomic E-state index is 0.0731. The van der Waals surface area contributed by atoms with Crippen LogP contribution in [0.15, 0.2) is 0 Å². The third-order valence-corrected chi connectivity index (χ3v) is 3.64. The average molecular weight is 284 g/mol. The number of likely N-dealkylation sites (N-methyl/N-ethyl adjacent to an activating group) is 1. The maximum absolute atomic E-state index is 12.1. The number of ether oxygens (including phenoxy) is 1. The van der Waals surface area contributed by atoms with Gasteiger partial charge in [-0.3, -0.25) is 14.5 Å². The molecule has 0 unspecified atom stereocenters. The number of rotatable bonds is 4. The van der Waals surface area contributed by atoms with Crippen molar-refractivity contribution in [2.24, 2.45) is 0 Å². The fraction of sp³-hybridized carbons (Fsp3) is 0.846. The van der Waals surface area contributed by atoms with Crippen molar-refractivity contribution < 1.29 is 14.3 Å². The van der Waals surface area contributed by atoms with Crippen LogP contribution in [-0.2, 0) is 14.3 Å². The van der Waals surface area contributed by atoms with E-state index < -0.39 is 0 Å². The maximum atomic E-state index is 12.1. The molecule has 2 rings (SSSR count). The molecule has 7 nitrogen and oxygen atoms in total. The number of hydrogen-bond donors (Lipinski definition) is 1. The number of nitrogens with zero attached hydrogens (tertiary/aromatic N) is 3. The normalized spacial score (nSPS) is 20.3. The van der Waals surface area contributed by atoms with Crippen LogP contribution in [0, 0.1) is 0 Å². The van der Waals surface area contributed by atoms with Crippen molar-refractivity contribution in [2.45, 2.75) is 0 Å². The second-order valence-corrected chi connectivity index (χ2v) is 5.30. The van der Waals surface area contributed by atoms with Crippen LogP contribution < -0.4 is 5.32 Å². The molecule has 114 valence electrons. The lowest BCUT2D eigenvalue weighted by Crippen LogP contribution is -2.50. The van der Waals surface area contributed by atoms with E-state index in [0.29, 0.717) is 32.8 Å². The standard InChI is InChI=1S/C13H24N4O3/c1-15(10-12(18)16-4-2-14-3-5-16)11-13(19)17-6-8-20-9-7-17/h14H,2-11H2,1H3. The summed E-state index contributed by atoms with van der Waals surface area (Å²) in [5, 5.41) is 3.22. The van der Waals surface area contributed by atoms with Gasteiger partial charge in [-0.25, -0.2) is 0 Å².